The molecule has 1 aliphatic rings. The highest BCUT2D eigenvalue weighted by Gasteiger charge is 2.27. The van der Waals surface area contributed by atoms with Crippen molar-refractivity contribution in [3.05, 3.63) is 29.3 Å². The first-order chi connectivity index (χ1) is 9.91. The largest absolute Gasteiger partial charge is 0.368 e. The summed E-state index contributed by atoms with van der Waals surface area (Å²) in [5, 5.41) is 0. The highest BCUT2D eigenvalue weighted by Crippen LogP contribution is 2.24. The lowest BCUT2D eigenvalue weighted by molar-refractivity contribution is -0.133. The summed E-state index contributed by atoms with van der Waals surface area (Å²) in [5.41, 5.74) is 9.91. The number of hydrogen-bond acceptors (Lipinski definition) is 3. The van der Waals surface area contributed by atoms with Gasteiger partial charge in [0, 0.05) is 31.9 Å². The fraction of sp³-hybridized carbons (Fsp3) is 0.588. The molecule has 2 rings (SSSR count). The maximum Gasteiger partial charge on any atom is 0.239 e. The molecule has 0 unspecified atom stereocenters. The summed E-state index contributed by atoms with van der Waals surface area (Å²) in [6.07, 6.45) is 0. The Labute approximate surface area is 127 Å². The number of nitrogens with two attached hydrogens (primary N) is 1. The van der Waals surface area contributed by atoms with Crippen molar-refractivity contribution in [3.63, 3.8) is 0 Å². The molecule has 1 aromatic rings. The third kappa shape index (κ3) is 3.38. The van der Waals surface area contributed by atoms with Crippen LogP contribution in [0.2, 0.25) is 0 Å². The van der Waals surface area contributed by atoms with Gasteiger partial charge in [0.1, 0.15) is 0 Å². The molecule has 1 saturated heterocycles. The smallest absolute Gasteiger partial charge is 0.239 e. The number of rotatable bonds is 3. The summed E-state index contributed by atoms with van der Waals surface area (Å²) in [6, 6.07) is 6.03. The van der Waals surface area contributed by atoms with Gasteiger partial charge in [0.2, 0.25) is 5.91 Å². The van der Waals surface area contributed by atoms with Gasteiger partial charge in [-0.15, -0.1) is 0 Å². The minimum absolute atomic E-state index is 0.0885. The van der Waals surface area contributed by atoms with Crippen LogP contribution in [0, 0.1) is 19.8 Å². The first-order valence-corrected chi connectivity index (χ1v) is 7.77. The minimum atomic E-state index is -0.378. The van der Waals surface area contributed by atoms with Crippen molar-refractivity contribution in [2.45, 2.75) is 33.7 Å². The molecule has 1 heterocycles. The van der Waals surface area contributed by atoms with Crippen molar-refractivity contribution in [3.8, 4) is 0 Å². The molecule has 4 nitrogen and oxygen atoms in total. The number of nitrogens with zero attached hydrogens (tertiary/aromatic N) is 2. The molecule has 21 heavy (non-hydrogen) atoms. The van der Waals surface area contributed by atoms with Crippen LogP contribution < -0.4 is 10.6 Å². The normalized spacial score (nSPS) is 17.2. The molecule has 1 aliphatic heterocycles. The number of aryl methyl sites for hydroxylation is 1. The van der Waals surface area contributed by atoms with Crippen LogP contribution in [0.4, 0.5) is 5.69 Å². The van der Waals surface area contributed by atoms with Gasteiger partial charge in [0.05, 0.1) is 6.04 Å². The van der Waals surface area contributed by atoms with Gasteiger partial charge in [-0.2, -0.15) is 0 Å². The summed E-state index contributed by atoms with van der Waals surface area (Å²) in [6.45, 7) is 11.6. The van der Waals surface area contributed by atoms with Crippen LogP contribution in [-0.2, 0) is 4.79 Å². The molecule has 0 aromatic heterocycles. The van der Waals surface area contributed by atoms with Gasteiger partial charge >= 0.3 is 0 Å². The highest BCUT2D eigenvalue weighted by atomic mass is 16.2. The SMILES string of the molecule is Cc1cccc(N2CCN(C(=O)[C@@H](N)C(C)C)CC2)c1C. The topological polar surface area (TPSA) is 49.6 Å². The summed E-state index contributed by atoms with van der Waals surface area (Å²) < 4.78 is 0. The minimum Gasteiger partial charge on any atom is -0.368 e. The Bertz CT molecular complexity index is 505. The quantitative estimate of drug-likeness (QED) is 0.925. The Morgan fingerprint density at radius 2 is 1.76 bits per heavy atom. The van der Waals surface area contributed by atoms with Gasteiger partial charge in [0.15, 0.2) is 0 Å². The standard InChI is InChI=1S/C17H27N3O/c1-12(2)16(18)17(21)20-10-8-19(9-11-20)15-7-5-6-13(3)14(15)4/h5-7,12,16H,8-11,18H2,1-4H3/t16-/m0/s1. The van der Waals surface area contributed by atoms with E-state index in [1.165, 1.54) is 16.8 Å². The van der Waals surface area contributed by atoms with Crippen LogP contribution in [0.5, 0.6) is 0 Å². The Balaban J connectivity index is 2.00. The van der Waals surface area contributed by atoms with E-state index in [0.29, 0.717) is 0 Å². The maximum absolute atomic E-state index is 12.3. The van der Waals surface area contributed by atoms with E-state index >= 15 is 0 Å². The monoisotopic (exact) mass is 289 g/mol. The van der Waals surface area contributed by atoms with E-state index in [1.807, 2.05) is 18.7 Å². The number of benzene rings is 1. The van der Waals surface area contributed by atoms with Crippen molar-refractivity contribution in [2.24, 2.45) is 11.7 Å². The summed E-state index contributed by atoms with van der Waals surface area (Å²) in [7, 11) is 0. The van der Waals surface area contributed by atoms with E-state index in [0.717, 1.165) is 26.2 Å². The number of carbonyl (C=O) groups excluding carboxylic acids is 1. The third-order valence-corrected chi connectivity index (χ3v) is 4.51. The van der Waals surface area contributed by atoms with Gasteiger partial charge < -0.3 is 15.5 Å². The zero-order chi connectivity index (χ0) is 15.6. The first-order valence-electron chi connectivity index (χ1n) is 7.77. The fourth-order valence-corrected chi connectivity index (χ4v) is 2.74. The number of hydrogen-bond donors (Lipinski definition) is 1. The predicted octanol–water partition coefficient (Wildman–Crippen LogP) is 1.94. The zero-order valence-electron chi connectivity index (χ0n) is 13.6. The molecular formula is C17H27N3O. The molecular weight excluding hydrogens is 262 g/mol. The van der Waals surface area contributed by atoms with Crippen molar-refractivity contribution in [1.29, 1.82) is 0 Å². The average Bonchev–Trinajstić information content (AvgIpc) is 2.48. The van der Waals surface area contributed by atoms with Gasteiger partial charge in [0.25, 0.3) is 0 Å². The predicted molar refractivity (Wildman–Crippen MR) is 87.5 cm³/mol. The lowest BCUT2D eigenvalue weighted by Gasteiger charge is -2.38. The van der Waals surface area contributed by atoms with Crippen molar-refractivity contribution in [1.82, 2.24) is 4.90 Å². The van der Waals surface area contributed by atoms with Crippen molar-refractivity contribution in [2.75, 3.05) is 31.1 Å². The van der Waals surface area contributed by atoms with Gasteiger partial charge in [-0.05, 0) is 37.0 Å². The van der Waals surface area contributed by atoms with E-state index in [4.69, 9.17) is 5.73 Å². The van der Waals surface area contributed by atoms with E-state index in [1.54, 1.807) is 0 Å². The number of anilines is 1. The molecule has 4 heteroatoms. The summed E-state index contributed by atoms with van der Waals surface area (Å²) in [5.74, 6) is 0.278. The Morgan fingerprint density at radius 3 is 2.33 bits per heavy atom. The van der Waals surface area contributed by atoms with Crippen LogP contribution in [0.3, 0.4) is 0 Å². The highest BCUT2D eigenvalue weighted by molar-refractivity contribution is 5.82. The van der Waals surface area contributed by atoms with E-state index < -0.39 is 0 Å². The van der Waals surface area contributed by atoms with Crippen LogP contribution in [0.25, 0.3) is 0 Å². The molecule has 0 aliphatic carbocycles. The lowest BCUT2D eigenvalue weighted by Crippen LogP contribution is -2.54. The molecule has 1 atom stereocenters. The number of carbonyl (C=O) groups is 1. The van der Waals surface area contributed by atoms with Crippen LogP contribution in [-0.4, -0.2) is 43.0 Å². The molecule has 1 fully saturated rings. The summed E-state index contributed by atoms with van der Waals surface area (Å²) in [4.78, 5) is 16.6. The molecule has 0 spiro atoms. The van der Waals surface area contributed by atoms with Crippen LogP contribution in [0.1, 0.15) is 25.0 Å². The molecule has 1 amide bonds. The fourth-order valence-electron chi connectivity index (χ4n) is 2.74. The number of amides is 1. The van der Waals surface area contributed by atoms with E-state index in [-0.39, 0.29) is 17.9 Å². The second-order valence-corrected chi connectivity index (χ2v) is 6.30. The number of piperazine rings is 1. The van der Waals surface area contributed by atoms with Crippen molar-refractivity contribution >= 4 is 11.6 Å². The Hall–Kier alpha value is -1.55. The Kier molecular flexibility index (Phi) is 4.88. The maximum atomic E-state index is 12.3. The molecule has 0 bridgehead atoms. The molecule has 116 valence electrons. The van der Waals surface area contributed by atoms with Gasteiger partial charge in [-0.3, -0.25) is 4.79 Å². The lowest BCUT2D eigenvalue weighted by atomic mass is 10.0. The molecule has 1 aromatic carbocycles. The van der Waals surface area contributed by atoms with Crippen molar-refractivity contribution < 1.29 is 4.79 Å². The van der Waals surface area contributed by atoms with Crippen LogP contribution in [0.15, 0.2) is 18.2 Å². The first kappa shape index (κ1) is 15.8. The molecule has 0 saturated carbocycles. The average molecular weight is 289 g/mol. The molecule has 2 N–H and O–H groups in total. The van der Waals surface area contributed by atoms with Gasteiger partial charge in [-0.1, -0.05) is 26.0 Å². The van der Waals surface area contributed by atoms with Crippen LogP contribution >= 0.6 is 0 Å². The second-order valence-electron chi connectivity index (χ2n) is 6.30. The van der Waals surface area contributed by atoms with E-state index in [9.17, 15) is 4.79 Å². The Morgan fingerprint density at radius 1 is 1.14 bits per heavy atom. The summed E-state index contributed by atoms with van der Waals surface area (Å²) >= 11 is 0. The van der Waals surface area contributed by atoms with E-state index in [2.05, 4.69) is 36.9 Å². The zero-order valence-corrected chi connectivity index (χ0v) is 13.6. The van der Waals surface area contributed by atoms with Gasteiger partial charge in [-0.25, -0.2) is 0 Å². The third-order valence-electron chi connectivity index (χ3n) is 4.51. The second kappa shape index (κ2) is 6.48. The molecule has 0 radical (unpaired) electrons.